The van der Waals surface area contributed by atoms with E-state index in [0.717, 1.165) is 137 Å². The normalized spacial score (nSPS) is 12.2. The number of hydrogen-bond acceptors (Lipinski definition) is 23. The van der Waals surface area contributed by atoms with Crippen LogP contribution in [0, 0.1) is 29.2 Å². The summed E-state index contributed by atoms with van der Waals surface area (Å²) in [4.78, 5) is 84.8. The van der Waals surface area contributed by atoms with Gasteiger partial charge in [-0.25, -0.2) is 57.4 Å². The number of benzene rings is 4. The summed E-state index contributed by atoms with van der Waals surface area (Å²) in [5.41, 5.74) is 31.6. The number of anilines is 1. The van der Waals surface area contributed by atoms with E-state index in [-0.39, 0.29) is 23.3 Å². The Labute approximate surface area is 773 Å². The minimum absolute atomic E-state index is 0.282. The summed E-state index contributed by atoms with van der Waals surface area (Å²) in [6.07, 6.45) is 40.2. The van der Waals surface area contributed by atoms with Crippen molar-refractivity contribution in [2.75, 3.05) is 18.8 Å². The Bertz CT molecular complexity index is 8590. The second-order valence-corrected chi connectivity index (χ2v) is 32.9. The van der Waals surface area contributed by atoms with Crippen LogP contribution in [0.1, 0.15) is 43.7 Å². The predicted molar refractivity (Wildman–Crippen MR) is 517 cm³/mol. The average Bonchev–Trinajstić information content (AvgIpc) is 1.63. The molecule has 0 atom stereocenters. The minimum atomic E-state index is -0.331. The maximum absolute atomic E-state index is 14.5. The zero-order valence-corrected chi connectivity index (χ0v) is 72.7. The lowest BCUT2D eigenvalue weighted by Crippen LogP contribution is -2.20. The van der Waals surface area contributed by atoms with Gasteiger partial charge in [0.2, 0.25) is 0 Å². The van der Waals surface area contributed by atoms with E-state index in [1.807, 2.05) is 67.4 Å². The quantitative estimate of drug-likeness (QED) is 0.0335. The first-order valence-corrected chi connectivity index (χ1v) is 44.0. The molecule has 0 saturated heterocycles. The van der Waals surface area contributed by atoms with E-state index < -0.39 is 0 Å². The highest BCUT2D eigenvalue weighted by Gasteiger charge is 2.25. The summed E-state index contributed by atoms with van der Waals surface area (Å²) in [6.45, 7) is 5.57. The molecule has 1 saturated carbocycles. The predicted octanol–water partition coefficient (Wildman–Crippen LogP) is 20.0. The number of halogens is 4. The van der Waals surface area contributed by atoms with E-state index in [4.69, 9.17) is 25.7 Å². The summed E-state index contributed by atoms with van der Waals surface area (Å²) in [5.74, 6) is 1.88. The first kappa shape index (κ1) is 84.4. The van der Waals surface area contributed by atoms with E-state index >= 15 is 0 Å². The third-order valence-corrected chi connectivity index (χ3v) is 24.0. The number of nitrogens with zero attached hydrogens (tertiary/aromatic N) is 20. The van der Waals surface area contributed by atoms with Crippen LogP contribution in [0.15, 0.2) is 276 Å². The van der Waals surface area contributed by atoms with Gasteiger partial charge in [-0.05, 0) is 127 Å². The van der Waals surface area contributed by atoms with Gasteiger partial charge >= 0.3 is 0 Å². The van der Waals surface area contributed by atoms with Crippen molar-refractivity contribution in [2.24, 2.45) is 5.92 Å². The van der Waals surface area contributed by atoms with E-state index in [2.05, 4.69) is 156 Å². The molecule has 0 aliphatic heterocycles. The smallest absolute Gasteiger partial charge is 0.181 e. The number of nitrogen functional groups attached to an aromatic ring is 1. The van der Waals surface area contributed by atoms with Crippen molar-refractivity contribution in [3.63, 3.8) is 0 Å². The Hall–Kier alpha value is -18.1. The van der Waals surface area contributed by atoms with Gasteiger partial charge in [0.15, 0.2) is 45.9 Å². The van der Waals surface area contributed by atoms with Crippen molar-refractivity contribution in [3.05, 3.63) is 310 Å². The van der Waals surface area contributed by atoms with E-state index in [1.165, 1.54) is 56.0 Å². The second kappa shape index (κ2) is 36.9. The number of pyridine rings is 12. The van der Waals surface area contributed by atoms with Crippen molar-refractivity contribution in [1.82, 2.24) is 151 Å². The molecule has 0 bridgehead atoms. The molecule has 1 fully saturated rings. The zero-order valence-electron chi connectivity index (χ0n) is 72.7. The number of H-pyrrole nitrogens is 8. The lowest BCUT2D eigenvalue weighted by Gasteiger charge is -2.11. The molecule has 137 heavy (non-hydrogen) atoms. The molecule has 20 aromatic heterocycles. The van der Waals surface area contributed by atoms with Gasteiger partial charge in [-0.15, -0.1) is 0 Å². The van der Waals surface area contributed by atoms with Gasteiger partial charge < -0.3 is 36.3 Å². The fourth-order valence-electron chi connectivity index (χ4n) is 17.2. The molecule has 12 N–H and O–H groups in total. The Morgan fingerprint density at radius 2 is 0.672 bits per heavy atom. The first-order chi connectivity index (χ1) is 67.4. The number of nitrogens with two attached hydrogens (primary N) is 1. The van der Waals surface area contributed by atoms with Crippen molar-refractivity contribution in [3.8, 4) is 135 Å². The summed E-state index contributed by atoms with van der Waals surface area (Å²) in [5, 5.41) is 39.8. The van der Waals surface area contributed by atoms with E-state index in [0.29, 0.717) is 135 Å². The maximum Gasteiger partial charge on any atom is 0.181 e. The molecule has 4 aromatic carbocycles. The Kier molecular flexibility index (Phi) is 22.7. The number of aromatic nitrogens is 28. The number of nitrogens with one attached hydrogen (secondary N) is 10. The molecule has 35 heteroatoms. The van der Waals surface area contributed by atoms with Gasteiger partial charge in [0, 0.05) is 196 Å². The Balaban J connectivity index is 0.000000106. The third kappa shape index (κ3) is 17.1. The molecule has 0 unspecified atom stereocenters. The van der Waals surface area contributed by atoms with Crippen LogP contribution in [0.25, 0.3) is 223 Å². The monoisotopic (exact) mass is 1810 g/mol. The van der Waals surface area contributed by atoms with Crippen LogP contribution in [0.4, 0.5) is 23.2 Å². The molecular weight excluding hydrogens is 1740 g/mol. The minimum Gasteiger partial charge on any atom is -0.397 e. The van der Waals surface area contributed by atoms with Gasteiger partial charge in [0.05, 0.1) is 79.6 Å². The lowest BCUT2D eigenvalue weighted by molar-refractivity contribution is 0.489. The molecule has 20 heterocycles. The summed E-state index contributed by atoms with van der Waals surface area (Å²) >= 11 is 0. The van der Waals surface area contributed by atoms with Crippen molar-refractivity contribution >= 4 is 94.0 Å². The molecule has 0 amide bonds. The molecule has 668 valence electrons. The lowest BCUT2D eigenvalue weighted by atomic mass is 10.1. The van der Waals surface area contributed by atoms with Crippen LogP contribution in [0.3, 0.4) is 0 Å². The standard InChI is InChI=1S/C30H27FN8.C26H21FN8.C23H15FN8.C23H14FN7/c31-23-7-5-20(6-8-23)25-16-34-17-26-27(25)37-30(36-26)28-24-10-22(15-35-29(24)39-38-28)21-9-19(13-33-14-21)12-32-11-18-3-1-2-4-18;1-2-28-9-15-7-16(11-29-10-15)17-8-19-24(34-35-25(19)31-12-17)26-32-22-14-30-13-20(23(22)33-26)18-5-3-4-6-21(18)27;24-18-4-2-1-3-15(18)17-10-27-11-19-20(17)30-23(29-19)21-16-6-13(8-28-22(16)32-31-21)12-5-14(25)9-26-7-12;24-18-6-2-1-5-15(18)17-11-26-12-19-20(17)29-23(28-19)21-16-8-14(10-27-22(16)31-30-21)13-4-3-7-25-9-13/h5-10,13-18,32H,1-4,11-12H2,(H,36,37)(H,35,38,39);3-8,10-14,28H,2,9H2,1H3,(H,32,33)(H,31,34,35);1-11H,25H2,(H,29,30)(H,28,31,32);1-12H,(H,28,29)(H,27,30,31). The van der Waals surface area contributed by atoms with E-state index in [9.17, 15) is 17.6 Å². The topological polar surface area (TPSA) is 434 Å². The molecule has 0 radical (unpaired) electrons. The van der Waals surface area contributed by atoms with Crippen molar-refractivity contribution < 1.29 is 17.6 Å². The second-order valence-electron chi connectivity index (χ2n) is 32.9. The molecule has 0 spiro atoms. The summed E-state index contributed by atoms with van der Waals surface area (Å²) in [7, 11) is 0. The van der Waals surface area contributed by atoms with Crippen LogP contribution in [0.5, 0.6) is 0 Å². The fourth-order valence-corrected chi connectivity index (χ4v) is 17.2. The first-order valence-electron chi connectivity index (χ1n) is 44.0. The highest BCUT2D eigenvalue weighted by Crippen LogP contribution is 2.40. The Morgan fingerprint density at radius 3 is 1.06 bits per heavy atom. The number of aromatic amines is 8. The molecular formula is C102H77F4N31. The average molecular weight is 1810 g/mol. The highest BCUT2D eigenvalue weighted by atomic mass is 19.1. The number of rotatable bonds is 19. The summed E-state index contributed by atoms with van der Waals surface area (Å²) < 4.78 is 56.8. The fraction of sp³-hybridized carbons (Fsp3) is 0.0980. The largest absolute Gasteiger partial charge is 0.397 e. The van der Waals surface area contributed by atoms with Gasteiger partial charge in [-0.3, -0.25) is 60.3 Å². The van der Waals surface area contributed by atoms with Crippen LogP contribution in [-0.4, -0.2) is 154 Å². The van der Waals surface area contributed by atoms with Crippen molar-refractivity contribution in [1.29, 1.82) is 0 Å². The van der Waals surface area contributed by atoms with Crippen LogP contribution in [-0.2, 0) is 13.1 Å². The van der Waals surface area contributed by atoms with Gasteiger partial charge in [-0.1, -0.05) is 92.6 Å². The van der Waals surface area contributed by atoms with Crippen LogP contribution < -0.4 is 16.4 Å². The van der Waals surface area contributed by atoms with Crippen molar-refractivity contribution in [2.45, 2.75) is 45.7 Å². The van der Waals surface area contributed by atoms with Crippen LogP contribution in [0.2, 0.25) is 0 Å². The number of fused-ring (bicyclic) bond motifs is 8. The number of imidazole rings is 4. The zero-order chi connectivity index (χ0) is 92.4. The van der Waals surface area contributed by atoms with E-state index in [1.54, 1.807) is 160 Å². The summed E-state index contributed by atoms with van der Waals surface area (Å²) in [6, 6.07) is 44.1. The maximum atomic E-state index is 14.5. The number of hydrogen-bond donors (Lipinski definition) is 11. The highest BCUT2D eigenvalue weighted by molar-refractivity contribution is 6.02. The molecule has 24 aromatic rings. The SMILES string of the molecule is CCNCc1cncc(-c2cnc3n[nH]c(-c4nc5c(-c6ccccc6F)cncc5[nH]4)c3c2)c1.Fc1ccc(-c2cncc3[nH]c(-c4[nH]nc5ncc(-c6cncc(CNCC7CCCC7)c6)cc45)nc23)cc1.Fc1ccccc1-c1cncc2[nH]c(-c3[nH]nc4ncc(-c5cccnc5)cc34)nc12.Nc1cncc(-c2cnc3n[nH]c(-c4nc5c(-c6ccccc6F)cncc5[nH]4)c3c2)c1. The van der Waals surface area contributed by atoms with Gasteiger partial charge in [0.25, 0.3) is 0 Å². The van der Waals surface area contributed by atoms with Gasteiger partial charge in [-0.2, -0.15) is 20.4 Å². The molecule has 1 aliphatic rings. The molecule has 25 rings (SSSR count). The van der Waals surface area contributed by atoms with Gasteiger partial charge in [0.1, 0.15) is 62.6 Å². The van der Waals surface area contributed by atoms with Crippen LogP contribution >= 0.6 is 0 Å². The molecule has 31 nitrogen and oxygen atoms in total. The molecule has 1 aliphatic carbocycles. The third-order valence-electron chi connectivity index (χ3n) is 24.0. The Morgan fingerprint density at radius 1 is 0.321 bits per heavy atom.